The first kappa shape index (κ1) is 20.4. The zero-order valence-corrected chi connectivity index (χ0v) is 18.1. The summed E-state index contributed by atoms with van der Waals surface area (Å²) in [5.74, 6) is -0.192. The van der Waals surface area contributed by atoms with Gasteiger partial charge in [0, 0.05) is 36.2 Å². The third-order valence-corrected chi connectivity index (χ3v) is 4.93. The monoisotopic (exact) mass is 437 g/mol. The number of aliphatic carboxylic acids is 1. The van der Waals surface area contributed by atoms with Crippen molar-refractivity contribution >= 4 is 11.9 Å². The van der Waals surface area contributed by atoms with E-state index in [4.69, 9.17) is 17.0 Å². The SMILES string of the molecule is [2H]C([2H])(c1ccccc1OCCCCCC(=O)O)N(CC)C(=O)c1ccc(-c2ccco2)cc1. The van der Waals surface area contributed by atoms with Gasteiger partial charge in [-0.1, -0.05) is 30.3 Å². The van der Waals surface area contributed by atoms with Crippen LogP contribution in [0.1, 0.15) is 51.3 Å². The number of ether oxygens (including phenoxy) is 1. The molecule has 1 heterocycles. The van der Waals surface area contributed by atoms with Crippen LogP contribution in [0.4, 0.5) is 0 Å². The van der Waals surface area contributed by atoms with Crippen LogP contribution in [-0.4, -0.2) is 35.0 Å². The highest BCUT2D eigenvalue weighted by molar-refractivity contribution is 5.94. The lowest BCUT2D eigenvalue weighted by Crippen LogP contribution is -2.30. The number of nitrogens with zero attached hydrogens (tertiary/aromatic N) is 1. The lowest BCUT2D eigenvalue weighted by Gasteiger charge is -2.22. The van der Waals surface area contributed by atoms with E-state index in [0.29, 0.717) is 42.9 Å². The number of carboxylic acid groups (broad SMARTS) is 1. The minimum atomic E-state index is -2.11. The van der Waals surface area contributed by atoms with Crippen molar-refractivity contribution in [3.8, 4) is 17.1 Å². The molecule has 0 bridgehead atoms. The van der Waals surface area contributed by atoms with E-state index in [0.717, 1.165) is 5.56 Å². The number of hydrogen-bond acceptors (Lipinski definition) is 4. The van der Waals surface area contributed by atoms with Crippen LogP contribution in [0.5, 0.6) is 5.75 Å². The number of amides is 1. The van der Waals surface area contributed by atoms with Crippen molar-refractivity contribution in [2.45, 2.75) is 39.1 Å². The summed E-state index contributed by atoms with van der Waals surface area (Å²) in [6, 6.07) is 17.3. The van der Waals surface area contributed by atoms with Crippen LogP contribution >= 0.6 is 0 Å². The Morgan fingerprint density at radius 3 is 2.50 bits per heavy atom. The van der Waals surface area contributed by atoms with Crippen LogP contribution in [0.3, 0.4) is 0 Å². The van der Waals surface area contributed by atoms with E-state index in [1.54, 1.807) is 67.8 Å². The second-order valence-corrected chi connectivity index (χ2v) is 7.26. The fourth-order valence-electron chi connectivity index (χ4n) is 3.22. The Hall–Kier alpha value is -3.54. The molecule has 6 nitrogen and oxygen atoms in total. The third kappa shape index (κ3) is 6.48. The molecule has 3 rings (SSSR count). The Kier molecular flexibility index (Phi) is 7.48. The zero-order valence-electron chi connectivity index (χ0n) is 20.1. The summed E-state index contributed by atoms with van der Waals surface area (Å²) in [5, 5.41) is 8.72. The van der Waals surface area contributed by atoms with E-state index in [1.165, 1.54) is 4.90 Å². The molecule has 168 valence electrons. The molecule has 0 aliphatic rings. The van der Waals surface area contributed by atoms with Crippen LogP contribution in [0.25, 0.3) is 11.3 Å². The van der Waals surface area contributed by atoms with Gasteiger partial charge in [0.05, 0.1) is 15.6 Å². The van der Waals surface area contributed by atoms with Crippen LogP contribution in [0, 0.1) is 0 Å². The highest BCUT2D eigenvalue weighted by Gasteiger charge is 2.17. The quantitative estimate of drug-likeness (QED) is 0.371. The molecule has 1 aromatic heterocycles. The molecule has 0 unspecified atom stereocenters. The van der Waals surface area contributed by atoms with E-state index >= 15 is 0 Å². The normalized spacial score (nSPS) is 12.0. The number of carbonyl (C=O) groups excluding carboxylic acids is 1. The largest absolute Gasteiger partial charge is 0.493 e. The summed E-state index contributed by atoms with van der Waals surface area (Å²) in [4.78, 5) is 25.1. The summed E-state index contributed by atoms with van der Waals surface area (Å²) < 4.78 is 28.8. The maximum Gasteiger partial charge on any atom is 0.303 e. The first-order chi connectivity index (χ1) is 16.3. The molecule has 6 heteroatoms. The number of para-hydroxylation sites is 1. The Balaban J connectivity index is 1.73. The van der Waals surface area contributed by atoms with Crippen molar-refractivity contribution in [1.29, 1.82) is 0 Å². The smallest absolute Gasteiger partial charge is 0.303 e. The summed E-state index contributed by atoms with van der Waals surface area (Å²) in [6.45, 7) is 0.126. The molecule has 0 aliphatic carbocycles. The molecule has 0 spiro atoms. The van der Waals surface area contributed by atoms with Gasteiger partial charge < -0.3 is 19.2 Å². The van der Waals surface area contributed by atoms with Gasteiger partial charge in [0.25, 0.3) is 5.91 Å². The van der Waals surface area contributed by atoms with Crippen LogP contribution in [0.2, 0.25) is 0 Å². The molecular weight excluding hydrogens is 406 g/mol. The Morgan fingerprint density at radius 2 is 1.81 bits per heavy atom. The zero-order chi connectivity index (χ0) is 24.6. The molecule has 1 N–H and O–H groups in total. The molecule has 0 saturated heterocycles. The molecule has 3 aromatic rings. The van der Waals surface area contributed by atoms with Crippen LogP contribution in [0.15, 0.2) is 71.3 Å². The van der Waals surface area contributed by atoms with Gasteiger partial charge in [-0.05, 0) is 56.5 Å². The number of furan rings is 1. The molecule has 2 aromatic carbocycles. The number of carboxylic acids is 1. The van der Waals surface area contributed by atoms with E-state index < -0.39 is 18.4 Å². The minimum absolute atomic E-state index is 0.120. The molecule has 0 aliphatic heterocycles. The van der Waals surface area contributed by atoms with Crippen molar-refractivity contribution in [3.63, 3.8) is 0 Å². The molecule has 0 fully saturated rings. The molecule has 0 atom stereocenters. The third-order valence-electron chi connectivity index (χ3n) is 4.93. The topological polar surface area (TPSA) is 80.0 Å². The molecule has 1 amide bonds. The van der Waals surface area contributed by atoms with E-state index in [2.05, 4.69) is 0 Å². The lowest BCUT2D eigenvalue weighted by atomic mass is 10.1. The van der Waals surface area contributed by atoms with E-state index in [1.807, 2.05) is 6.07 Å². The minimum Gasteiger partial charge on any atom is -0.493 e. The average Bonchev–Trinajstić information content (AvgIpc) is 3.37. The summed E-state index contributed by atoms with van der Waals surface area (Å²) >= 11 is 0. The number of carbonyl (C=O) groups is 2. The maximum atomic E-state index is 13.3. The van der Waals surface area contributed by atoms with Gasteiger partial charge >= 0.3 is 5.97 Å². The first-order valence-electron chi connectivity index (χ1n) is 11.7. The van der Waals surface area contributed by atoms with Gasteiger partial charge in [-0.2, -0.15) is 0 Å². The van der Waals surface area contributed by atoms with Crippen molar-refractivity contribution in [3.05, 3.63) is 78.1 Å². The fraction of sp³-hybridized carbons (Fsp3) is 0.308. The number of rotatable bonds is 12. The second-order valence-electron chi connectivity index (χ2n) is 7.26. The Labute approximate surface area is 191 Å². The predicted octanol–water partition coefficient (Wildman–Crippen LogP) is 5.63. The molecule has 0 radical (unpaired) electrons. The number of unbranched alkanes of at least 4 members (excludes halogenated alkanes) is 2. The van der Waals surface area contributed by atoms with Crippen LogP contribution in [-0.2, 0) is 11.3 Å². The summed E-state index contributed by atoms with van der Waals surface area (Å²) in [5.41, 5.74) is 1.47. The Morgan fingerprint density at radius 1 is 1.03 bits per heavy atom. The second kappa shape index (κ2) is 11.7. The lowest BCUT2D eigenvalue weighted by molar-refractivity contribution is -0.137. The van der Waals surface area contributed by atoms with Gasteiger partial charge in [-0.15, -0.1) is 0 Å². The summed E-state index contributed by atoms with van der Waals surface area (Å²) in [7, 11) is 0. The van der Waals surface area contributed by atoms with Crippen molar-refractivity contribution in [2.75, 3.05) is 13.2 Å². The first-order valence-corrected chi connectivity index (χ1v) is 10.7. The van der Waals surface area contributed by atoms with Gasteiger partial charge in [0.1, 0.15) is 11.5 Å². The van der Waals surface area contributed by atoms with Crippen LogP contribution < -0.4 is 4.74 Å². The molecule has 32 heavy (non-hydrogen) atoms. The van der Waals surface area contributed by atoms with Crippen molar-refractivity contribution in [1.82, 2.24) is 4.90 Å². The molecular formula is C26H29NO5. The molecule has 0 saturated carbocycles. The predicted molar refractivity (Wildman–Crippen MR) is 123 cm³/mol. The summed E-state index contributed by atoms with van der Waals surface area (Å²) in [6.07, 6.45) is 3.63. The van der Waals surface area contributed by atoms with Gasteiger partial charge in [-0.25, -0.2) is 0 Å². The van der Waals surface area contributed by atoms with Crippen molar-refractivity contribution in [2.24, 2.45) is 0 Å². The highest BCUT2D eigenvalue weighted by Crippen LogP contribution is 2.23. The van der Waals surface area contributed by atoms with Crippen molar-refractivity contribution < 1.29 is 26.6 Å². The van der Waals surface area contributed by atoms with Gasteiger partial charge in [-0.3, -0.25) is 9.59 Å². The fourth-order valence-corrected chi connectivity index (χ4v) is 3.22. The highest BCUT2D eigenvalue weighted by atomic mass is 16.5. The van der Waals surface area contributed by atoms with Gasteiger partial charge in [0.15, 0.2) is 0 Å². The van der Waals surface area contributed by atoms with Gasteiger partial charge in [0.2, 0.25) is 0 Å². The number of benzene rings is 2. The average molecular weight is 438 g/mol. The maximum absolute atomic E-state index is 13.3. The standard InChI is InChI=1S/C26H29NO5/c1-2-27(26(30)21-15-13-20(14-16-21)23-11-8-18-32-23)19-22-9-5-6-10-24(22)31-17-7-3-4-12-25(28)29/h5-6,8-11,13-16,18H,2-4,7,12,17,19H2,1H3,(H,28,29)/i19D2. The number of hydrogen-bond donors (Lipinski definition) is 1. The van der Waals surface area contributed by atoms with E-state index in [9.17, 15) is 9.59 Å². The Bertz CT molecular complexity index is 1080. The van der Waals surface area contributed by atoms with E-state index in [-0.39, 0.29) is 18.5 Å².